The van der Waals surface area contributed by atoms with Crippen molar-refractivity contribution in [1.29, 1.82) is 0 Å². The van der Waals surface area contributed by atoms with Crippen molar-refractivity contribution < 1.29 is 14.0 Å². The number of fused-ring (bicyclic) bond motifs is 1. The zero-order valence-electron chi connectivity index (χ0n) is 18.8. The summed E-state index contributed by atoms with van der Waals surface area (Å²) in [6.07, 6.45) is 1.57. The normalized spacial score (nSPS) is 18.8. The molecule has 3 heterocycles. The zero-order chi connectivity index (χ0) is 22.6. The van der Waals surface area contributed by atoms with Crippen molar-refractivity contribution in [3.8, 4) is 11.5 Å². The largest absolute Gasteiger partial charge is 0.463 e. The highest BCUT2D eigenvalue weighted by atomic mass is 16.3. The molecule has 1 aliphatic heterocycles. The highest BCUT2D eigenvalue weighted by molar-refractivity contribution is 6.12. The van der Waals surface area contributed by atoms with Crippen molar-refractivity contribution in [3.63, 3.8) is 0 Å². The first-order chi connectivity index (χ1) is 14.5. The van der Waals surface area contributed by atoms with Crippen molar-refractivity contribution in [2.45, 2.75) is 59.2 Å². The van der Waals surface area contributed by atoms with Gasteiger partial charge in [0, 0.05) is 17.3 Å². The Labute approximate surface area is 182 Å². The number of furan rings is 1. The molecular formula is C24H28N4O3. The summed E-state index contributed by atoms with van der Waals surface area (Å²) < 4.78 is 7.08. The molecule has 0 spiro atoms. The van der Waals surface area contributed by atoms with Crippen LogP contribution in [0.15, 0.2) is 47.1 Å². The van der Waals surface area contributed by atoms with E-state index in [4.69, 9.17) is 4.42 Å². The number of carbonyl (C=O) groups excluding carboxylic acids is 2. The summed E-state index contributed by atoms with van der Waals surface area (Å²) in [5, 5.41) is 7.64. The Morgan fingerprint density at radius 1 is 1.19 bits per heavy atom. The van der Waals surface area contributed by atoms with Gasteiger partial charge in [-0.1, -0.05) is 12.1 Å². The van der Waals surface area contributed by atoms with Crippen molar-refractivity contribution in [2.75, 3.05) is 4.90 Å². The molecule has 7 heteroatoms. The van der Waals surface area contributed by atoms with Crippen LogP contribution in [0, 0.1) is 13.8 Å². The van der Waals surface area contributed by atoms with E-state index in [1.165, 1.54) is 0 Å². The lowest BCUT2D eigenvalue weighted by Crippen LogP contribution is -2.66. The Bertz CT molecular complexity index is 1150. The number of anilines is 1. The minimum Gasteiger partial charge on any atom is -0.463 e. The number of nitrogens with zero attached hydrogens (tertiary/aromatic N) is 3. The predicted molar refractivity (Wildman–Crippen MR) is 119 cm³/mol. The molecule has 3 aromatic rings. The Kier molecular flexibility index (Phi) is 4.80. The number of amides is 2. The van der Waals surface area contributed by atoms with E-state index in [0.29, 0.717) is 17.1 Å². The van der Waals surface area contributed by atoms with Crippen LogP contribution in [0.3, 0.4) is 0 Å². The summed E-state index contributed by atoms with van der Waals surface area (Å²) in [7, 11) is 0. The highest BCUT2D eigenvalue weighted by Crippen LogP contribution is 2.36. The van der Waals surface area contributed by atoms with Gasteiger partial charge in [0.2, 0.25) is 5.91 Å². The molecule has 1 aromatic carbocycles. The van der Waals surface area contributed by atoms with Gasteiger partial charge in [0.25, 0.3) is 5.91 Å². The SMILES string of the molecule is Cc1ccc(C)c(N2C(=O)c3cc(-c4ccco4)nn3CC2(C)C(=O)NC(C)(C)C)c1. The van der Waals surface area contributed by atoms with Gasteiger partial charge in [-0.05, 0) is 70.9 Å². The summed E-state index contributed by atoms with van der Waals surface area (Å²) in [5.41, 5.74) is 2.05. The molecule has 0 saturated carbocycles. The standard InChI is InChI=1S/C24H28N4O3/c1-15-9-10-16(2)18(12-15)28-21(29)19-13-17(20-8-7-11-31-20)26-27(19)14-24(28,6)22(30)25-23(3,4)5/h7-13H,14H2,1-6H3,(H,25,30). The number of benzene rings is 1. The molecular weight excluding hydrogens is 392 g/mol. The van der Waals surface area contributed by atoms with E-state index >= 15 is 0 Å². The van der Waals surface area contributed by atoms with Gasteiger partial charge in [-0.3, -0.25) is 19.2 Å². The van der Waals surface area contributed by atoms with Gasteiger partial charge in [0.05, 0.1) is 12.8 Å². The van der Waals surface area contributed by atoms with Crippen LogP contribution in [-0.4, -0.2) is 32.7 Å². The van der Waals surface area contributed by atoms with E-state index in [-0.39, 0.29) is 18.4 Å². The van der Waals surface area contributed by atoms with Crippen LogP contribution < -0.4 is 10.2 Å². The predicted octanol–water partition coefficient (Wildman–Crippen LogP) is 4.09. The second-order valence-corrected chi connectivity index (χ2v) is 9.46. The van der Waals surface area contributed by atoms with Gasteiger partial charge in [-0.2, -0.15) is 5.10 Å². The summed E-state index contributed by atoms with van der Waals surface area (Å²) in [6, 6.07) is 11.2. The molecule has 0 fully saturated rings. The number of aromatic nitrogens is 2. The topological polar surface area (TPSA) is 80.4 Å². The van der Waals surface area contributed by atoms with Gasteiger partial charge in [0.15, 0.2) is 5.76 Å². The van der Waals surface area contributed by atoms with Crippen LogP contribution in [0.2, 0.25) is 0 Å². The third-order valence-corrected chi connectivity index (χ3v) is 5.51. The van der Waals surface area contributed by atoms with Crippen LogP contribution in [0.4, 0.5) is 5.69 Å². The first-order valence-corrected chi connectivity index (χ1v) is 10.4. The fraction of sp³-hybridized carbons (Fsp3) is 0.375. The van der Waals surface area contributed by atoms with Crippen LogP contribution in [0.5, 0.6) is 0 Å². The molecule has 0 saturated heterocycles. The summed E-state index contributed by atoms with van der Waals surface area (Å²) >= 11 is 0. The van der Waals surface area contributed by atoms with E-state index in [1.807, 2.05) is 52.8 Å². The molecule has 0 bridgehead atoms. The maximum absolute atomic E-state index is 13.8. The van der Waals surface area contributed by atoms with Gasteiger partial charge >= 0.3 is 0 Å². The number of nitrogens with one attached hydrogen (secondary N) is 1. The van der Waals surface area contributed by atoms with Crippen LogP contribution in [0.1, 0.15) is 49.3 Å². The van der Waals surface area contributed by atoms with Gasteiger partial charge in [-0.15, -0.1) is 0 Å². The van der Waals surface area contributed by atoms with E-state index in [9.17, 15) is 9.59 Å². The number of aryl methyl sites for hydroxylation is 2. The molecule has 0 radical (unpaired) electrons. The van der Waals surface area contributed by atoms with Crippen molar-refractivity contribution >= 4 is 17.5 Å². The molecule has 1 N–H and O–H groups in total. The number of hydrogen-bond donors (Lipinski definition) is 1. The fourth-order valence-electron chi connectivity index (χ4n) is 3.94. The summed E-state index contributed by atoms with van der Waals surface area (Å²) in [4.78, 5) is 29.0. The maximum atomic E-state index is 13.8. The lowest BCUT2D eigenvalue weighted by atomic mass is 9.91. The second kappa shape index (κ2) is 7.11. The average Bonchev–Trinajstić information content (AvgIpc) is 3.32. The van der Waals surface area contributed by atoms with Crippen LogP contribution >= 0.6 is 0 Å². The molecule has 31 heavy (non-hydrogen) atoms. The quantitative estimate of drug-likeness (QED) is 0.692. The minimum atomic E-state index is -1.16. The zero-order valence-corrected chi connectivity index (χ0v) is 18.8. The van der Waals surface area contributed by atoms with E-state index in [1.54, 1.807) is 41.0 Å². The summed E-state index contributed by atoms with van der Waals surface area (Å²) in [6.45, 7) is 11.7. The smallest absolute Gasteiger partial charge is 0.277 e. The third-order valence-electron chi connectivity index (χ3n) is 5.51. The molecule has 7 nitrogen and oxygen atoms in total. The second-order valence-electron chi connectivity index (χ2n) is 9.46. The molecule has 1 aliphatic rings. The maximum Gasteiger partial charge on any atom is 0.277 e. The number of rotatable bonds is 3. The Hall–Kier alpha value is -3.35. The van der Waals surface area contributed by atoms with Crippen molar-refractivity contribution in [3.05, 3.63) is 59.5 Å². The fourth-order valence-corrected chi connectivity index (χ4v) is 3.94. The third kappa shape index (κ3) is 3.65. The molecule has 2 aromatic heterocycles. The summed E-state index contributed by atoms with van der Waals surface area (Å²) in [5.74, 6) is 0.0839. The van der Waals surface area contributed by atoms with Gasteiger partial charge in [0.1, 0.15) is 16.9 Å². The van der Waals surface area contributed by atoms with Gasteiger partial charge in [-0.25, -0.2) is 0 Å². The van der Waals surface area contributed by atoms with Crippen molar-refractivity contribution in [2.24, 2.45) is 0 Å². The monoisotopic (exact) mass is 420 g/mol. The Morgan fingerprint density at radius 2 is 1.94 bits per heavy atom. The molecule has 1 unspecified atom stereocenters. The van der Waals surface area contributed by atoms with Gasteiger partial charge < -0.3 is 9.73 Å². The van der Waals surface area contributed by atoms with E-state index in [2.05, 4.69) is 10.4 Å². The lowest BCUT2D eigenvalue weighted by Gasteiger charge is -2.44. The van der Waals surface area contributed by atoms with E-state index < -0.39 is 11.1 Å². The van der Waals surface area contributed by atoms with Crippen LogP contribution in [-0.2, 0) is 11.3 Å². The highest BCUT2D eigenvalue weighted by Gasteiger charge is 2.50. The molecule has 4 rings (SSSR count). The Morgan fingerprint density at radius 3 is 2.58 bits per heavy atom. The van der Waals surface area contributed by atoms with E-state index in [0.717, 1.165) is 16.8 Å². The van der Waals surface area contributed by atoms with Crippen molar-refractivity contribution in [1.82, 2.24) is 15.1 Å². The molecule has 1 atom stereocenters. The van der Waals surface area contributed by atoms with Crippen LogP contribution in [0.25, 0.3) is 11.5 Å². The number of hydrogen-bond acceptors (Lipinski definition) is 4. The molecule has 0 aliphatic carbocycles. The molecule has 162 valence electrons. The first-order valence-electron chi connectivity index (χ1n) is 10.4. The first kappa shape index (κ1) is 20.9. The average molecular weight is 421 g/mol. The lowest BCUT2D eigenvalue weighted by molar-refractivity contribution is -0.128. The number of carbonyl (C=O) groups is 2. The minimum absolute atomic E-state index is 0.226. The Balaban J connectivity index is 1.88. The molecule has 2 amide bonds.